The maximum Gasteiger partial charge on any atom is 0.498 e. The van der Waals surface area contributed by atoms with Crippen LogP contribution in [0.4, 0.5) is 19.3 Å². The molecule has 1 fully saturated rings. The van der Waals surface area contributed by atoms with Gasteiger partial charge >= 0.3 is 13.2 Å². The smallest absolute Gasteiger partial charge is 0.444 e. The number of halogens is 2. The van der Waals surface area contributed by atoms with Gasteiger partial charge in [0.05, 0.1) is 16.9 Å². The summed E-state index contributed by atoms with van der Waals surface area (Å²) in [7, 11) is -1.04. The van der Waals surface area contributed by atoms with Crippen molar-refractivity contribution in [2.45, 2.75) is 72.2 Å². The third kappa shape index (κ3) is 4.01. The molecule has 0 atom stereocenters. The number of aryl methyl sites for hydroxylation is 1. The lowest BCUT2D eigenvalue weighted by molar-refractivity contribution is 0.00578. The highest BCUT2D eigenvalue weighted by Crippen LogP contribution is 2.37. The molecule has 1 aliphatic heterocycles. The highest BCUT2D eigenvalue weighted by molar-refractivity contribution is 6.62. The van der Waals surface area contributed by atoms with Crippen molar-refractivity contribution in [1.82, 2.24) is 0 Å². The quantitative estimate of drug-likeness (QED) is 0.803. The summed E-state index contributed by atoms with van der Waals surface area (Å²) in [5.41, 5.74) is -2.03. The van der Waals surface area contributed by atoms with E-state index in [2.05, 4.69) is 5.32 Å². The number of benzene rings is 1. The van der Waals surface area contributed by atoms with E-state index in [0.29, 0.717) is 5.56 Å². The number of rotatable bonds is 2. The van der Waals surface area contributed by atoms with Crippen molar-refractivity contribution >= 4 is 24.4 Å². The van der Waals surface area contributed by atoms with Crippen LogP contribution >= 0.6 is 0 Å². The Morgan fingerprint density at radius 1 is 1.12 bits per heavy atom. The van der Waals surface area contributed by atoms with Crippen LogP contribution in [0.25, 0.3) is 0 Å². The molecule has 1 amide bonds. The molecular weight excluding hydrogens is 343 g/mol. The highest BCUT2D eigenvalue weighted by Gasteiger charge is 2.53. The van der Waals surface area contributed by atoms with E-state index in [1.807, 2.05) is 27.7 Å². The zero-order valence-corrected chi connectivity index (χ0v) is 16.5. The molecule has 0 spiro atoms. The Bertz CT molecular complexity index is 713. The van der Waals surface area contributed by atoms with Crippen LogP contribution < -0.4 is 10.8 Å². The van der Waals surface area contributed by atoms with Crippen molar-refractivity contribution in [1.29, 1.82) is 0 Å². The second-order valence-corrected chi connectivity index (χ2v) is 8.50. The van der Waals surface area contributed by atoms with E-state index in [9.17, 15) is 13.6 Å². The average molecular weight is 369 g/mol. The Morgan fingerprint density at radius 3 is 2.08 bits per heavy atom. The lowest BCUT2D eigenvalue weighted by atomic mass is 9.75. The Kier molecular flexibility index (Phi) is 5.16. The summed E-state index contributed by atoms with van der Waals surface area (Å²) in [4.78, 5) is 11.8. The number of hydrogen-bond acceptors (Lipinski definition) is 4. The number of anilines is 1. The minimum absolute atomic E-state index is 0.0177. The van der Waals surface area contributed by atoms with Gasteiger partial charge in [0.2, 0.25) is 0 Å². The van der Waals surface area contributed by atoms with Gasteiger partial charge in [0.15, 0.2) is 11.6 Å². The van der Waals surface area contributed by atoms with Gasteiger partial charge in [-0.05, 0) is 67.0 Å². The number of carbonyl (C=O) groups is 1. The zero-order chi connectivity index (χ0) is 20.1. The second kappa shape index (κ2) is 6.49. The Hall–Kier alpha value is -1.67. The minimum Gasteiger partial charge on any atom is -0.444 e. The van der Waals surface area contributed by atoms with E-state index in [1.165, 1.54) is 6.07 Å². The number of amides is 1. The van der Waals surface area contributed by atoms with Crippen LogP contribution in [0, 0.1) is 18.6 Å². The largest absolute Gasteiger partial charge is 0.498 e. The van der Waals surface area contributed by atoms with Crippen molar-refractivity contribution < 1.29 is 27.6 Å². The first-order valence-electron chi connectivity index (χ1n) is 8.49. The second-order valence-electron chi connectivity index (χ2n) is 8.50. The molecule has 1 aliphatic rings. The molecular formula is C18H26BF2NO4. The lowest BCUT2D eigenvalue weighted by Gasteiger charge is -2.32. The van der Waals surface area contributed by atoms with Crippen LogP contribution in [-0.2, 0) is 14.0 Å². The van der Waals surface area contributed by atoms with Crippen molar-refractivity contribution in [2.75, 3.05) is 5.32 Å². The Balaban J connectivity index is 2.33. The van der Waals surface area contributed by atoms with Crippen molar-refractivity contribution in [3.63, 3.8) is 0 Å². The van der Waals surface area contributed by atoms with E-state index in [1.54, 1.807) is 27.7 Å². The van der Waals surface area contributed by atoms with Crippen molar-refractivity contribution in [2.24, 2.45) is 0 Å². The van der Waals surface area contributed by atoms with E-state index in [-0.39, 0.29) is 11.2 Å². The fourth-order valence-corrected chi connectivity index (χ4v) is 2.52. The number of hydrogen-bond donors (Lipinski definition) is 1. The van der Waals surface area contributed by atoms with E-state index in [0.717, 1.165) is 0 Å². The van der Waals surface area contributed by atoms with Gasteiger partial charge in [-0.1, -0.05) is 0 Å². The van der Waals surface area contributed by atoms with Gasteiger partial charge in [0, 0.05) is 5.46 Å². The molecule has 0 radical (unpaired) electrons. The van der Waals surface area contributed by atoms with Gasteiger partial charge in [0.1, 0.15) is 5.60 Å². The molecule has 0 aromatic heterocycles. The average Bonchev–Trinajstić information content (AvgIpc) is 2.62. The summed E-state index contributed by atoms with van der Waals surface area (Å²) in [6.45, 7) is 13.9. The Morgan fingerprint density at radius 2 is 1.62 bits per heavy atom. The number of nitrogens with one attached hydrogen (secondary N) is 1. The van der Waals surface area contributed by atoms with Crippen LogP contribution in [-0.4, -0.2) is 30.0 Å². The molecule has 1 heterocycles. The summed E-state index contributed by atoms with van der Waals surface area (Å²) in [5.74, 6) is -2.30. The third-order valence-electron chi connectivity index (χ3n) is 4.58. The summed E-state index contributed by atoms with van der Waals surface area (Å²) in [6, 6.07) is 1.34. The molecule has 2 rings (SSSR count). The molecule has 1 N–H and O–H groups in total. The van der Waals surface area contributed by atoms with E-state index in [4.69, 9.17) is 14.0 Å². The molecule has 8 heteroatoms. The van der Waals surface area contributed by atoms with Crippen LogP contribution in [0.5, 0.6) is 0 Å². The first-order valence-corrected chi connectivity index (χ1v) is 8.49. The van der Waals surface area contributed by atoms with Gasteiger partial charge in [0.25, 0.3) is 0 Å². The normalized spacial score (nSPS) is 18.8. The lowest BCUT2D eigenvalue weighted by Crippen LogP contribution is -2.41. The molecule has 0 unspecified atom stereocenters. The van der Waals surface area contributed by atoms with Crippen LogP contribution in [0.15, 0.2) is 6.07 Å². The molecule has 1 aromatic rings. The summed E-state index contributed by atoms with van der Waals surface area (Å²) < 4.78 is 46.0. The monoisotopic (exact) mass is 369 g/mol. The maximum absolute atomic E-state index is 14.7. The van der Waals surface area contributed by atoms with Crippen molar-refractivity contribution in [3.8, 4) is 0 Å². The van der Waals surface area contributed by atoms with Crippen LogP contribution in [0.3, 0.4) is 0 Å². The molecule has 0 aliphatic carbocycles. The van der Waals surface area contributed by atoms with E-state index >= 15 is 0 Å². The predicted octanol–water partition coefficient (Wildman–Crippen LogP) is 3.92. The molecule has 0 saturated carbocycles. The first kappa shape index (κ1) is 20.6. The number of ether oxygens (including phenoxy) is 1. The van der Waals surface area contributed by atoms with Gasteiger partial charge in [-0.2, -0.15) is 0 Å². The number of carbonyl (C=O) groups excluding carboxylic acids is 1. The minimum atomic E-state index is -1.19. The zero-order valence-electron chi connectivity index (χ0n) is 16.5. The predicted molar refractivity (Wildman–Crippen MR) is 96.7 cm³/mol. The first-order chi connectivity index (χ1) is 11.6. The topological polar surface area (TPSA) is 56.8 Å². The molecule has 1 saturated heterocycles. The summed E-state index contributed by atoms with van der Waals surface area (Å²) in [6.07, 6.45) is -0.862. The molecule has 26 heavy (non-hydrogen) atoms. The van der Waals surface area contributed by atoms with E-state index < -0.39 is 41.6 Å². The summed E-state index contributed by atoms with van der Waals surface area (Å²) in [5, 5.41) is 2.24. The summed E-state index contributed by atoms with van der Waals surface area (Å²) >= 11 is 0. The molecule has 5 nitrogen and oxygen atoms in total. The van der Waals surface area contributed by atoms with Crippen LogP contribution in [0.2, 0.25) is 0 Å². The molecule has 0 bridgehead atoms. The van der Waals surface area contributed by atoms with Gasteiger partial charge in [-0.15, -0.1) is 0 Å². The molecule has 1 aromatic carbocycles. The SMILES string of the molecule is Cc1cc(NC(=O)OC(C)(C)C)c(F)c(F)c1B1OC(C)(C)C(C)(C)O1. The highest BCUT2D eigenvalue weighted by atomic mass is 19.2. The maximum atomic E-state index is 14.7. The van der Waals surface area contributed by atoms with Crippen LogP contribution in [0.1, 0.15) is 54.0 Å². The Labute approximate surface area is 153 Å². The van der Waals surface area contributed by atoms with Gasteiger partial charge < -0.3 is 14.0 Å². The fraction of sp³-hybridized carbons (Fsp3) is 0.611. The molecule has 144 valence electrons. The van der Waals surface area contributed by atoms with Crippen molar-refractivity contribution in [3.05, 3.63) is 23.3 Å². The standard InChI is InChI=1S/C18H26BF2NO4/c1-10-9-11(22-15(23)24-16(2,3)4)13(20)14(21)12(10)19-25-17(5,6)18(7,8)26-19/h9H,1-8H3,(H,22,23). The third-order valence-corrected chi connectivity index (χ3v) is 4.58. The van der Waals surface area contributed by atoms with Gasteiger partial charge in [-0.25, -0.2) is 13.6 Å². The fourth-order valence-electron chi connectivity index (χ4n) is 2.52. The van der Waals surface area contributed by atoms with Gasteiger partial charge in [-0.3, -0.25) is 5.32 Å².